The van der Waals surface area contributed by atoms with Gasteiger partial charge in [0, 0.05) is 29.5 Å². The molecule has 0 fully saturated rings. The molecular weight excluding hydrogens is 397 g/mol. The lowest BCUT2D eigenvalue weighted by Crippen LogP contribution is -2.38. The van der Waals surface area contributed by atoms with E-state index in [0.717, 1.165) is 25.6 Å². The van der Waals surface area contributed by atoms with Crippen molar-refractivity contribution in [3.05, 3.63) is 39.8 Å². The molecule has 5 nitrogen and oxygen atoms in total. The molecule has 0 aliphatic heterocycles. The Balaban J connectivity index is 0.00000220. The zero-order chi connectivity index (χ0) is 14.4. The standard InChI is InChI=1S/C14H21N5S.HI/c1-11-8-18-19(10-11)7-6-16-14(15-3)17-9-13-5-4-12(2)20-13;/h4-5,8,10H,6-7,9H2,1-3H3,(H2,15,16,17);1H. The number of thiophene rings is 1. The Kier molecular flexibility index (Phi) is 7.73. The van der Waals surface area contributed by atoms with Crippen LogP contribution in [0.1, 0.15) is 15.3 Å². The van der Waals surface area contributed by atoms with Crippen LogP contribution in [0.3, 0.4) is 0 Å². The highest BCUT2D eigenvalue weighted by Gasteiger charge is 2.00. The van der Waals surface area contributed by atoms with Crippen molar-refractivity contribution in [2.24, 2.45) is 4.99 Å². The zero-order valence-corrected chi connectivity index (χ0v) is 15.7. The highest BCUT2D eigenvalue weighted by Crippen LogP contribution is 2.14. The van der Waals surface area contributed by atoms with Gasteiger partial charge in [-0.1, -0.05) is 0 Å². The Bertz CT molecular complexity index is 575. The first-order valence-corrected chi connectivity index (χ1v) is 7.48. The third kappa shape index (κ3) is 6.04. The molecule has 7 heteroatoms. The predicted molar refractivity (Wildman–Crippen MR) is 99.6 cm³/mol. The van der Waals surface area contributed by atoms with Crippen LogP contribution in [0.25, 0.3) is 0 Å². The van der Waals surface area contributed by atoms with Crippen molar-refractivity contribution in [3.63, 3.8) is 0 Å². The fourth-order valence-electron chi connectivity index (χ4n) is 1.85. The average molecular weight is 419 g/mol. The molecule has 0 saturated carbocycles. The Morgan fingerprint density at radius 2 is 2.14 bits per heavy atom. The van der Waals surface area contributed by atoms with Gasteiger partial charge >= 0.3 is 0 Å². The summed E-state index contributed by atoms with van der Waals surface area (Å²) in [6.07, 6.45) is 3.90. The lowest BCUT2D eigenvalue weighted by atomic mass is 10.4. The summed E-state index contributed by atoms with van der Waals surface area (Å²) in [5.74, 6) is 0.819. The lowest BCUT2D eigenvalue weighted by Gasteiger charge is -2.11. The number of aryl methyl sites for hydroxylation is 2. The molecule has 0 bridgehead atoms. The Morgan fingerprint density at radius 3 is 2.71 bits per heavy atom. The molecule has 0 unspecified atom stereocenters. The quantitative estimate of drug-likeness (QED) is 0.445. The molecule has 0 saturated heterocycles. The Hall–Kier alpha value is -1.09. The van der Waals surface area contributed by atoms with Gasteiger partial charge in [-0.05, 0) is 31.5 Å². The van der Waals surface area contributed by atoms with Crippen LogP contribution in [-0.2, 0) is 13.1 Å². The summed E-state index contributed by atoms with van der Waals surface area (Å²) in [4.78, 5) is 6.86. The molecule has 0 aliphatic rings. The van der Waals surface area contributed by atoms with Crippen molar-refractivity contribution in [1.29, 1.82) is 0 Å². The van der Waals surface area contributed by atoms with Gasteiger partial charge in [0.15, 0.2) is 5.96 Å². The van der Waals surface area contributed by atoms with Crippen molar-refractivity contribution in [3.8, 4) is 0 Å². The third-order valence-electron chi connectivity index (χ3n) is 2.85. The third-order valence-corrected chi connectivity index (χ3v) is 3.85. The molecule has 0 amide bonds. The number of halogens is 1. The van der Waals surface area contributed by atoms with Crippen LogP contribution in [0.15, 0.2) is 29.5 Å². The second kappa shape index (κ2) is 9.04. The number of rotatable bonds is 5. The van der Waals surface area contributed by atoms with Gasteiger partial charge in [-0.25, -0.2) is 0 Å². The summed E-state index contributed by atoms with van der Waals surface area (Å²) < 4.78 is 1.93. The maximum atomic E-state index is 4.25. The number of aromatic nitrogens is 2. The summed E-state index contributed by atoms with van der Waals surface area (Å²) in [7, 11) is 1.78. The summed E-state index contributed by atoms with van der Waals surface area (Å²) >= 11 is 1.80. The van der Waals surface area contributed by atoms with Gasteiger partial charge in [-0.15, -0.1) is 35.3 Å². The zero-order valence-electron chi connectivity index (χ0n) is 12.6. The molecule has 2 heterocycles. The minimum absolute atomic E-state index is 0. The van der Waals surface area contributed by atoms with E-state index in [1.54, 1.807) is 18.4 Å². The maximum Gasteiger partial charge on any atom is 0.191 e. The topological polar surface area (TPSA) is 54.2 Å². The van der Waals surface area contributed by atoms with E-state index < -0.39 is 0 Å². The van der Waals surface area contributed by atoms with Gasteiger partial charge in [-0.2, -0.15) is 5.10 Å². The first-order valence-electron chi connectivity index (χ1n) is 6.66. The van der Waals surface area contributed by atoms with Crippen molar-refractivity contribution < 1.29 is 0 Å². The highest BCUT2D eigenvalue weighted by molar-refractivity contribution is 14.0. The van der Waals surface area contributed by atoms with Crippen molar-refractivity contribution in [2.75, 3.05) is 13.6 Å². The second-order valence-electron chi connectivity index (χ2n) is 4.65. The van der Waals surface area contributed by atoms with Gasteiger partial charge in [0.1, 0.15) is 0 Å². The Labute approximate surface area is 146 Å². The molecule has 2 aromatic heterocycles. The van der Waals surface area contributed by atoms with E-state index in [-0.39, 0.29) is 24.0 Å². The summed E-state index contributed by atoms with van der Waals surface area (Å²) in [6.45, 7) is 6.59. The van der Waals surface area contributed by atoms with Crippen LogP contribution in [0.2, 0.25) is 0 Å². The van der Waals surface area contributed by atoms with Crippen LogP contribution in [-0.4, -0.2) is 29.3 Å². The van der Waals surface area contributed by atoms with Crippen LogP contribution in [0.5, 0.6) is 0 Å². The Morgan fingerprint density at radius 1 is 1.33 bits per heavy atom. The first-order chi connectivity index (χ1) is 9.67. The van der Waals surface area contributed by atoms with Crippen LogP contribution in [0.4, 0.5) is 0 Å². The van der Waals surface area contributed by atoms with E-state index in [2.05, 4.69) is 39.8 Å². The van der Waals surface area contributed by atoms with Gasteiger partial charge in [0.2, 0.25) is 0 Å². The normalized spacial score (nSPS) is 11.1. The summed E-state index contributed by atoms with van der Waals surface area (Å²) in [5, 5.41) is 10.8. The van der Waals surface area contributed by atoms with E-state index in [9.17, 15) is 0 Å². The number of hydrogen-bond donors (Lipinski definition) is 2. The lowest BCUT2D eigenvalue weighted by molar-refractivity contribution is 0.597. The molecule has 0 aliphatic carbocycles. The first kappa shape index (κ1) is 18.0. The van der Waals surface area contributed by atoms with Gasteiger partial charge in [0.25, 0.3) is 0 Å². The molecule has 2 N–H and O–H groups in total. The van der Waals surface area contributed by atoms with Crippen LogP contribution < -0.4 is 10.6 Å². The van der Waals surface area contributed by atoms with E-state index in [1.807, 2.05) is 24.0 Å². The van der Waals surface area contributed by atoms with E-state index in [4.69, 9.17) is 0 Å². The number of nitrogens with one attached hydrogen (secondary N) is 2. The molecule has 0 aromatic carbocycles. The van der Waals surface area contributed by atoms with Crippen molar-refractivity contribution in [1.82, 2.24) is 20.4 Å². The molecule has 2 aromatic rings. The monoisotopic (exact) mass is 419 g/mol. The second-order valence-corrected chi connectivity index (χ2v) is 6.02. The number of guanidine groups is 1. The molecule has 0 spiro atoms. The van der Waals surface area contributed by atoms with Crippen molar-refractivity contribution >= 4 is 41.3 Å². The molecule has 21 heavy (non-hydrogen) atoms. The van der Waals surface area contributed by atoms with E-state index >= 15 is 0 Å². The number of hydrogen-bond acceptors (Lipinski definition) is 3. The summed E-state index contributed by atoms with van der Waals surface area (Å²) in [5.41, 5.74) is 1.18. The molecular formula is C14H22IN5S. The fourth-order valence-corrected chi connectivity index (χ4v) is 2.68. The average Bonchev–Trinajstić information content (AvgIpc) is 3.02. The van der Waals surface area contributed by atoms with Gasteiger partial charge in [-0.3, -0.25) is 9.67 Å². The van der Waals surface area contributed by atoms with Gasteiger partial charge in [0.05, 0.1) is 19.3 Å². The SMILES string of the molecule is CN=C(NCCn1cc(C)cn1)NCc1ccc(C)s1.I. The predicted octanol–water partition coefficient (Wildman–Crippen LogP) is 2.54. The smallest absolute Gasteiger partial charge is 0.191 e. The summed E-state index contributed by atoms with van der Waals surface area (Å²) in [6, 6.07) is 4.28. The van der Waals surface area contributed by atoms with Crippen LogP contribution in [0, 0.1) is 13.8 Å². The van der Waals surface area contributed by atoms with E-state index in [0.29, 0.717) is 0 Å². The maximum absolute atomic E-state index is 4.25. The van der Waals surface area contributed by atoms with Crippen LogP contribution >= 0.6 is 35.3 Å². The van der Waals surface area contributed by atoms with E-state index in [1.165, 1.54) is 15.3 Å². The number of aliphatic imine (C=N–C) groups is 1. The molecule has 116 valence electrons. The fraction of sp³-hybridized carbons (Fsp3) is 0.429. The van der Waals surface area contributed by atoms with Crippen molar-refractivity contribution in [2.45, 2.75) is 26.9 Å². The molecule has 2 rings (SSSR count). The van der Waals surface area contributed by atoms with Gasteiger partial charge < -0.3 is 10.6 Å². The molecule has 0 radical (unpaired) electrons. The minimum atomic E-state index is 0. The number of nitrogens with zero attached hydrogens (tertiary/aromatic N) is 3. The molecule has 0 atom stereocenters. The minimum Gasteiger partial charge on any atom is -0.355 e. The highest BCUT2D eigenvalue weighted by atomic mass is 127. The largest absolute Gasteiger partial charge is 0.355 e.